The molecule has 0 saturated heterocycles. The molecular formula is C31H41F. The number of halogens is 1. The van der Waals surface area contributed by atoms with Crippen molar-refractivity contribution in [2.45, 2.75) is 89.9 Å². The fraction of sp³-hybridized carbons (Fsp3) is 0.548. The zero-order valence-corrected chi connectivity index (χ0v) is 19.9. The molecule has 2 fully saturated rings. The van der Waals surface area contributed by atoms with Gasteiger partial charge in [-0.05, 0) is 104 Å². The van der Waals surface area contributed by atoms with E-state index in [1.807, 2.05) is 0 Å². The summed E-state index contributed by atoms with van der Waals surface area (Å²) in [6, 6.07) is 18.5. The van der Waals surface area contributed by atoms with Gasteiger partial charge in [-0.1, -0.05) is 80.8 Å². The molecule has 2 aliphatic carbocycles. The Balaban J connectivity index is 1.25. The highest BCUT2D eigenvalue weighted by molar-refractivity contribution is 5.64. The quantitative estimate of drug-likeness (QED) is 0.389. The topological polar surface area (TPSA) is 0 Å². The van der Waals surface area contributed by atoms with Crippen LogP contribution in [0.1, 0.15) is 94.6 Å². The van der Waals surface area contributed by atoms with Gasteiger partial charge in [-0.2, -0.15) is 0 Å². The number of benzene rings is 2. The highest BCUT2D eigenvalue weighted by atomic mass is 19.1. The summed E-state index contributed by atoms with van der Waals surface area (Å²) in [6.07, 6.45) is 17.9. The van der Waals surface area contributed by atoms with Gasteiger partial charge in [0.15, 0.2) is 0 Å². The smallest absolute Gasteiger partial charge is 0.0827 e. The zero-order valence-electron chi connectivity index (χ0n) is 19.9. The van der Waals surface area contributed by atoms with Gasteiger partial charge >= 0.3 is 0 Å². The van der Waals surface area contributed by atoms with Crippen molar-refractivity contribution in [2.24, 2.45) is 17.8 Å². The second kappa shape index (κ2) is 11.8. The average Bonchev–Trinajstić information content (AvgIpc) is 2.86. The monoisotopic (exact) mass is 432 g/mol. The molecule has 172 valence electrons. The SMILES string of the molecule is CCCc1ccc(-c2ccc(C3CCC(C4CCC(CCC=CF)CC4)CC3)cc2)cc1. The van der Waals surface area contributed by atoms with E-state index >= 15 is 0 Å². The third-order valence-corrected chi connectivity index (χ3v) is 8.37. The highest BCUT2D eigenvalue weighted by Crippen LogP contribution is 2.44. The van der Waals surface area contributed by atoms with E-state index < -0.39 is 0 Å². The Labute approximate surface area is 195 Å². The first-order valence-corrected chi connectivity index (χ1v) is 13.2. The van der Waals surface area contributed by atoms with E-state index in [0.29, 0.717) is 6.33 Å². The largest absolute Gasteiger partial charge is 0.216 e. The maximum atomic E-state index is 12.2. The van der Waals surface area contributed by atoms with Gasteiger partial charge in [0.05, 0.1) is 6.33 Å². The van der Waals surface area contributed by atoms with Crippen molar-refractivity contribution >= 4 is 0 Å². The second-order valence-corrected chi connectivity index (χ2v) is 10.4. The molecule has 0 atom stereocenters. The molecule has 2 saturated carbocycles. The summed E-state index contributed by atoms with van der Waals surface area (Å²) in [7, 11) is 0. The number of rotatable bonds is 8. The Hall–Kier alpha value is -1.89. The van der Waals surface area contributed by atoms with Crippen LogP contribution in [0.15, 0.2) is 60.9 Å². The summed E-state index contributed by atoms with van der Waals surface area (Å²) < 4.78 is 12.2. The van der Waals surface area contributed by atoms with E-state index in [-0.39, 0.29) is 0 Å². The molecule has 1 heteroatoms. The van der Waals surface area contributed by atoms with E-state index in [0.717, 1.165) is 30.1 Å². The molecule has 0 amide bonds. The van der Waals surface area contributed by atoms with Gasteiger partial charge in [0.1, 0.15) is 0 Å². The maximum Gasteiger partial charge on any atom is 0.0827 e. The van der Waals surface area contributed by atoms with E-state index in [4.69, 9.17) is 0 Å². The number of aryl methyl sites for hydroxylation is 1. The molecule has 4 rings (SSSR count). The van der Waals surface area contributed by atoms with Gasteiger partial charge in [-0.3, -0.25) is 0 Å². The molecule has 0 radical (unpaired) electrons. The summed E-state index contributed by atoms with van der Waals surface area (Å²) in [6.45, 7) is 2.24. The Morgan fingerprint density at radius 2 is 1.31 bits per heavy atom. The summed E-state index contributed by atoms with van der Waals surface area (Å²) in [5.74, 6) is 3.47. The molecule has 32 heavy (non-hydrogen) atoms. The number of hydrogen-bond acceptors (Lipinski definition) is 0. The van der Waals surface area contributed by atoms with Crippen molar-refractivity contribution in [2.75, 3.05) is 0 Å². The normalized spacial score (nSPS) is 26.4. The van der Waals surface area contributed by atoms with Crippen molar-refractivity contribution in [3.05, 3.63) is 72.1 Å². The molecule has 0 spiro atoms. The maximum absolute atomic E-state index is 12.2. The molecule has 0 nitrogen and oxygen atoms in total. The minimum atomic E-state index is 0.711. The van der Waals surface area contributed by atoms with E-state index in [2.05, 4.69) is 55.5 Å². The average molecular weight is 433 g/mol. The third kappa shape index (κ3) is 6.12. The van der Waals surface area contributed by atoms with Crippen LogP contribution in [0.4, 0.5) is 4.39 Å². The Morgan fingerprint density at radius 1 is 0.750 bits per heavy atom. The van der Waals surface area contributed by atoms with Crippen LogP contribution in [-0.4, -0.2) is 0 Å². The van der Waals surface area contributed by atoms with Crippen LogP contribution < -0.4 is 0 Å². The van der Waals surface area contributed by atoms with Crippen LogP contribution in [0, 0.1) is 17.8 Å². The van der Waals surface area contributed by atoms with Crippen molar-refractivity contribution in [3.8, 4) is 11.1 Å². The fourth-order valence-electron chi connectivity index (χ4n) is 6.37. The Morgan fingerprint density at radius 3 is 1.88 bits per heavy atom. The van der Waals surface area contributed by atoms with Gasteiger partial charge in [-0.15, -0.1) is 0 Å². The molecule has 0 aromatic heterocycles. The lowest BCUT2D eigenvalue weighted by molar-refractivity contribution is 0.157. The lowest BCUT2D eigenvalue weighted by Gasteiger charge is -2.38. The van der Waals surface area contributed by atoms with Crippen LogP contribution in [-0.2, 0) is 6.42 Å². The summed E-state index contributed by atoms with van der Waals surface area (Å²) in [5, 5.41) is 0. The Kier molecular flexibility index (Phi) is 8.60. The van der Waals surface area contributed by atoms with Crippen molar-refractivity contribution < 1.29 is 4.39 Å². The molecule has 0 aliphatic heterocycles. The summed E-state index contributed by atoms with van der Waals surface area (Å²) >= 11 is 0. The zero-order chi connectivity index (χ0) is 22.2. The molecule has 0 N–H and O–H groups in total. The molecule has 0 unspecified atom stereocenters. The molecular weight excluding hydrogens is 391 g/mol. The van der Waals surface area contributed by atoms with Gasteiger partial charge in [0.25, 0.3) is 0 Å². The van der Waals surface area contributed by atoms with Crippen molar-refractivity contribution in [1.29, 1.82) is 0 Å². The summed E-state index contributed by atoms with van der Waals surface area (Å²) in [4.78, 5) is 0. The Bertz CT molecular complexity index is 816. The van der Waals surface area contributed by atoms with Crippen LogP contribution in [0.25, 0.3) is 11.1 Å². The molecule has 0 heterocycles. The van der Waals surface area contributed by atoms with Gasteiger partial charge < -0.3 is 0 Å². The lowest BCUT2D eigenvalue weighted by atomic mass is 9.68. The fourth-order valence-corrected chi connectivity index (χ4v) is 6.37. The standard InChI is InChI=1S/C31H41F/c1-2-5-24-7-11-26(12-8-24)28-15-19-30(20-16-28)31-21-17-29(18-22-31)27-13-9-25(10-14-27)6-3-4-23-32/h4,7-8,11-12,15-16,19-20,23,25,27,29,31H,2-3,5-6,9-10,13-14,17-18,21-22H2,1H3. The first-order valence-electron chi connectivity index (χ1n) is 13.2. The van der Waals surface area contributed by atoms with Gasteiger partial charge in [-0.25, -0.2) is 4.39 Å². The van der Waals surface area contributed by atoms with Gasteiger partial charge in [0, 0.05) is 0 Å². The first kappa shape index (κ1) is 23.3. The first-order chi connectivity index (χ1) is 15.8. The van der Waals surface area contributed by atoms with Gasteiger partial charge in [0.2, 0.25) is 0 Å². The molecule has 2 aromatic rings. The van der Waals surface area contributed by atoms with E-state index in [9.17, 15) is 4.39 Å². The van der Waals surface area contributed by atoms with E-state index in [1.54, 1.807) is 11.6 Å². The molecule has 2 aromatic carbocycles. The van der Waals surface area contributed by atoms with Crippen molar-refractivity contribution in [3.63, 3.8) is 0 Å². The van der Waals surface area contributed by atoms with Crippen LogP contribution in [0.5, 0.6) is 0 Å². The predicted molar refractivity (Wildman–Crippen MR) is 136 cm³/mol. The summed E-state index contributed by atoms with van der Waals surface area (Å²) in [5.41, 5.74) is 5.65. The minimum absolute atomic E-state index is 0.711. The van der Waals surface area contributed by atoms with E-state index in [1.165, 1.54) is 87.3 Å². The lowest BCUT2D eigenvalue weighted by Crippen LogP contribution is -2.25. The molecule has 0 bridgehead atoms. The number of allylic oxidation sites excluding steroid dienone is 1. The highest BCUT2D eigenvalue weighted by Gasteiger charge is 2.31. The van der Waals surface area contributed by atoms with Crippen LogP contribution in [0.3, 0.4) is 0 Å². The van der Waals surface area contributed by atoms with Crippen LogP contribution >= 0.6 is 0 Å². The van der Waals surface area contributed by atoms with Crippen molar-refractivity contribution in [1.82, 2.24) is 0 Å². The predicted octanol–water partition coefficient (Wildman–Crippen LogP) is 9.65. The molecule has 2 aliphatic rings. The third-order valence-electron chi connectivity index (χ3n) is 8.37. The second-order valence-electron chi connectivity index (χ2n) is 10.4. The number of hydrogen-bond donors (Lipinski definition) is 0. The minimum Gasteiger partial charge on any atom is -0.216 e. The van der Waals surface area contributed by atoms with Crippen LogP contribution in [0.2, 0.25) is 0 Å².